The zero-order chi connectivity index (χ0) is 13.5. The van der Waals surface area contributed by atoms with Gasteiger partial charge in [0.1, 0.15) is 0 Å². The third-order valence-electron chi connectivity index (χ3n) is 3.99. The molecule has 0 amide bonds. The number of hydrogen-bond acceptors (Lipinski definition) is 1. The summed E-state index contributed by atoms with van der Waals surface area (Å²) < 4.78 is 0. The molecule has 0 heterocycles. The van der Waals surface area contributed by atoms with Gasteiger partial charge in [-0.3, -0.25) is 0 Å². The highest BCUT2D eigenvalue weighted by molar-refractivity contribution is 5.31. The van der Waals surface area contributed by atoms with Gasteiger partial charge in [-0.05, 0) is 55.2 Å². The number of allylic oxidation sites excluding steroid dienone is 4. The van der Waals surface area contributed by atoms with Gasteiger partial charge in [0.15, 0.2) is 0 Å². The zero-order valence-corrected chi connectivity index (χ0v) is 11.9. The summed E-state index contributed by atoms with van der Waals surface area (Å²) in [6.45, 7) is 3.06. The molecule has 1 heteroatoms. The van der Waals surface area contributed by atoms with Crippen molar-refractivity contribution < 1.29 is 0 Å². The molecule has 0 aliphatic heterocycles. The fourth-order valence-electron chi connectivity index (χ4n) is 2.82. The molecule has 2 rings (SSSR count). The van der Waals surface area contributed by atoms with E-state index in [1.54, 1.807) is 0 Å². The van der Waals surface area contributed by atoms with Crippen LogP contribution in [0.4, 0.5) is 0 Å². The molecule has 2 atom stereocenters. The van der Waals surface area contributed by atoms with E-state index in [-0.39, 0.29) is 0 Å². The fourth-order valence-corrected chi connectivity index (χ4v) is 2.82. The van der Waals surface area contributed by atoms with Crippen molar-refractivity contribution in [1.29, 1.82) is 0 Å². The van der Waals surface area contributed by atoms with Crippen LogP contribution >= 0.6 is 0 Å². The molecule has 2 N–H and O–H groups in total. The van der Waals surface area contributed by atoms with E-state index in [2.05, 4.69) is 55.5 Å². The van der Waals surface area contributed by atoms with E-state index in [1.165, 1.54) is 24.0 Å². The predicted molar refractivity (Wildman–Crippen MR) is 83.2 cm³/mol. The first kappa shape index (κ1) is 14.1. The Bertz CT molecular complexity index is 445. The topological polar surface area (TPSA) is 26.0 Å². The van der Waals surface area contributed by atoms with Crippen LogP contribution in [0.2, 0.25) is 0 Å². The van der Waals surface area contributed by atoms with Crippen LogP contribution in [0.1, 0.15) is 43.2 Å². The summed E-state index contributed by atoms with van der Waals surface area (Å²) >= 11 is 0. The summed E-state index contributed by atoms with van der Waals surface area (Å²) in [4.78, 5) is 0. The lowest BCUT2D eigenvalue weighted by atomic mass is 9.87. The summed E-state index contributed by atoms with van der Waals surface area (Å²) in [7, 11) is 0. The van der Waals surface area contributed by atoms with Gasteiger partial charge in [-0.1, -0.05) is 55.5 Å². The Morgan fingerprint density at radius 1 is 1.21 bits per heavy atom. The first-order chi connectivity index (χ1) is 9.31. The van der Waals surface area contributed by atoms with Crippen LogP contribution in [0, 0.1) is 5.92 Å². The second kappa shape index (κ2) is 7.30. The van der Waals surface area contributed by atoms with Crippen molar-refractivity contribution in [3.63, 3.8) is 0 Å². The quantitative estimate of drug-likeness (QED) is 0.842. The Morgan fingerprint density at radius 3 is 2.89 bits per heavy atom. The van der Waals surface area contributed by atoms with Crippen molar-refractivity contribution in [3.8, 4) is 0 Å². The Morgan fingerprint density at radius 2 is 2.05 bits per heavy atom. The molecule has 102 valence electrons. The van der Waals surface area contributed by atoms with Gasteiger partial charge in [-0.25, -0.2) is 0 Å². The number of rotatable bonds is 2. The molecule has 0 saturated carbocycles. The van der Waals surface area contributed by atoms with Gasteiger partial charge in [0.25, 0.3) is 0 Å². The van der Waals surface area contributed by atoms with E-state index in [0.29, 0.717) is 11.8 Å². The van der Waals surface area contributed by atoms with E-state index in [4.69, 9.17) is 5.73 Å². The van der Waals surface area contributed by atoms with Gasteiger partial charge in [0.2, 0.25) is 0 Å². The molecule has 1 aromatic rings. The van der Waals surface area contributed by atoms with Gasteiger partial charge < -0.3 is 5.73 Å². The minimum atomic E-state index is 0.569. The summed E-state index contributed by atoms with van der Waals surface area (Å²) in [6, 6.07) is 8.90. The average Bonchev–Trinajstić information content (AvgIpc) is 2.46. The molecular weight excluding hydrogens is 230 g/mol. The van der Waals surface area contributed by atoms with Crippen LogP contribution in [0.25, 0.3) is 0 Å². The molecule has 0 bridgehead atoms. The highest BCUT2D eigenvalue weighted by atomic mass is 14.5. The Kier molecular flexibility index (Phi) is 5.41. The van der Waals surface area contributed by atoms with Crippen molar-refractivity contribution in [2.24, 2.45) is 11.7 Å². The van der Waals surface area contributed by atoms with Crippen LogP contribution < -0.4 is 5.73 Å². The predicted octanol–water partition coefficient (Wildman–Crippen LogP) is 4.20. The summed E-state index contributed by atoms with van der Waals surface area (Å²) in [5.41, 5.74) is 8.81. The number of fused-ring (bicyclic) bond motifs is 1. The summed E-state index contributed by atoms with van der Waals surface area (Å²) in [5, 5.41) is 0. The maximum absolute atomic E-state index is 5.79. The highest BCUT2D eigenvalue weighted by Crippen LogP contribution is 2.28. The molecule has 0 spiro atoms. The molecule has 0 aromatic heterocycles. The van der Waals surface area contributed by atoms with Gasteiger partial charge in [0.05, 0.1) is 0 Å². The maximum atomic E-state index is 5.79. The lowest BCUT2D eigenvalue weighted by Gasteiger charge is -2.19. The van der Waals surface area contributed by atoms with Crippen LogP contribution in [0.3, 0.4) is 0 Å². The van der Waals surface area contributed by atoms with Crippen LogP contribution in [0.5, 0.6) is 0 Å². The molecule has 2 unspecified atom stereocenters. The van der Waals surface area contributed by atoms with Crippen molar-refractivity contribution >= 4 is 0 Å². The van der Waals surface area contributed by atoms with Gasteiger partial charge in [0, 0.05) is 0 Å². The molecule has 0 radical (unpaired) electrons. The molecular formula is C18H25N. The Hall–Kier alpha value is -1.34. The van der Waals surface area contributed by atoms with Crippen LogP contribution in [-0.2, 0) is 6.42 Å². The van der Waals surface area contributed by atoms with E-state index in [1.807, 2.05) is 0 Å². The third kappa shape index (κ3) is 4.07. The highest BCUT2D eigenvalue weighted by Gasteiger charge is 2.14. The first-order valence-electron chi connectivity index (χ1n) is 7.42. The SMILES string of the molecule is CC1/C=C\C=C/CC(CCN)c2ccccc2CC1. The molecule has 0 saturated heterocycles. The minimum absolute atomic E-state index is 0.569. The van der Waals surface area contributed by atoms with E-state index in [0.717, 1.165) is 19.4 Å². The van der Waals surface area contributed by atoms with Crippen molar-refractivity contribution in [2.45, 2.75) is 38.5 Å². The van der Waals surface area contributed by atoms with E-state index in [9.17, 15) is 0 Å². The lowest BCUT2D eigenvalue weighted by molar-refractivity contribution is 0.615. The van der Waals surface area contributed by atoms with Crippen LogP contribution in [-0.4, -0.2) is 6.54 Å². The maximum Gasteiger partial charge on any atom is -0.00713 e. The number of hydrogen-bond donors (Lipinski definition) is 1. The molecule has 0 fully saturated rings. The number of benzene rings is 1. The van der Waals surface area contributed by atoms with Gasteiger partial charge in [-0.2, -0.15) is 0 Å². The third-order valence-corrected chi connectivity index (χ3v) is 3.99. The summed E-state index contributed by atoms with van der Waals surface area (Å²) in [5.74, 6) is 1.21. The second-order valence-corrected chi connectivity index (χ2v) is 5.54. The molecule has 1 aromatic carbocycles. The van der Waals surface area contributed by atoms with Gasteiger partial charge in [-0.15, -0.1) is 0 Å². The Labute approximate surface area is 117 Å². The smallest absolute Gasteiger partial charge is 0.00713 e. The summed E-state index contributed by atoms with van der Waals surface area (Å²) in [6.07, 6.45) is 13.5. The Balaban J connectivity index is 2.29. The molecule has 1 aliphatic rings. The number of nitrogens with two attached hydrogens (primary N) is 1. The minimum Gasteiger partial charge on any atom is -0.330 e. The molecule has 1 nitrogen and oxygen atoms in total. The van der Waals surface area contributed by atoms with Crippen molar-refractivity contribution in [3.05, 3.63) is 59.7 Å². The normalized spacial score (nSPS) is 27.1. The standard InChI is InChI=1S/C18H25N/c1-15-7-3-2-4-8-17(13-14-19)18-10-6-5-9-16(18)12-11-15/h2-7,9-10,15,17H,8,11-14,19H2,1H3/b4-2-,7-3-. The second-order valence-electron chi connectivity index (χ2n) is 5.54. The molecule has 1 aliphatic carbocycles. The van der Waals surface area contributed by atoms with Crippen molar-refractivity contribution in [2.75, 3.05) is 6.54 Å². The lowest BCUT2D eigenvalue weighted by Crippen LogP contribution is -2.09. The van der Waals surface area contributed by atoms with Crippen molar-refractivity contribution in [1.82, 2.24) is 0 Å². The fraction of sp³-hybridized carbons (Fsp3) is 0.444. The monoisotopic (exact) mass is 255 g/mol. The van der Waals surface area contributed by atoms with Gasteiger partial charge >= 0.3 is 0 Å². The zero-order valence-electron chi connectivity index (χ0n) is 11.9. The van der Waals surface area contributed by atoms with E-state index >= 15 is 0 Å². The average molecular weight is 255 g/mol. The largest absolute Gasteiger partial charge is 0.330 e. The first-order valence-corrected chi connectivity index (χ1v) is 7.42. The van der Waals surface area contributed by atoms with E-state index < -0.39 is 0 Å². The molecule has 19 heavy (non-hydrogen) atoms. The number of aryl methyl sites for hydroxylation is 1. The van der Waals surface area contributed by atoms with Crippen LogP contribution in [0.15, 0.2) is 48.6 Å².